The van der Waals surface area contributed by atoms with Gasteiger partial charge in [-0.15, -0.1) is 4.40 Å². The molecule has 4 atom stereocenters. The Morgan fingerprint density at radius 2 is 2.19 bits per heavy atom. The van der Waals surface area contributed by atoms with Crippen LogP contribution in [0.5, 0.6) is 0 Å². The molecule has 2 fully saturated rings. The molecule has 0 radical (unpaired) electrons. The van der Waals surface area contributed by atoms with Gasteiger partial charge in [-0.1, -0.05) is 6.42 Å². The lowest BCUT2D eigenvalue weighted by Gasteiger charge is -2.28. The van der Waals surface area contributed by atoms with Gasteiger partial charge in [0.05, 0.1) is 11.4 Å². The normalized spacial score (nSPS) is 31.2. The zero-order chi connectivity index (χ0) is 18.8. The molecular formula is C19H23N3O3S2. The molecule has 0 unspecified atom stereocenters. The molecule has 0 saturated heterocycles. The molecule has 2 aliphatic heterocycles. The van der Waals surface area contributed by atoms with Gasteiger partial charge in [-0.3, -0.25) is 4.79 Å². The summed E-state index contributed by atoms with van der Waals surface area (Å²) in [5.74, 6) is 2.22. The van der Waals surface area contributed by atoms with Gasteiger partial charge in [0.15, 0.2) is 5.17 Å². The van der Waals surface area contributed by atoms with Gasteiger partial charge < -0.3 is 10.2 Å². The molecule has 144 valence electrons. The first-order valence-electron chi connectivity index (χ1n) is 9.62. The monoisotopic (exact) mass is 405 g/mol. The van der Waals surface area contributed by atoms with Crippen LogP contribution in [0.4, 0.5) is 5.69 Å². The standard InChI is InChI=1S/C19H23N3O3S2/c1-11(15-9-12-2-3-13(15)8-12)20-18(23)14-4-5-16-17(10-14)26-19-21-27(24,25)7-6-22(16)19/h4-5,10-13,15H,2-3,6-9H2,1H3,(H,20,23)/t11-,12-,13-,15-/m0/s1. The number of amidine groups is 1. The Morgan fingerprint density at radius 3 is 2.93 bits per heavy atom. The van der Waals surface area contributed by atoms with Crippen LogP contribution >= 0.6 is 11.8 Å². The van der Waals surface area contributed by atoms with E-state index in [2.05, 4.69) is 16.6 Å². The van der Waals surface area contributed by atoms with Gasteiger partial charge in [-0.25, -0.2) is 8.42 Å². The number of anilines is 1. The number of carbonyl (C=O) groups excluding carboxylic acids is 1. The van der Waals surface area contributed by atoms with Crippen LogP contribution in [-0.2, 0) is 10.0 Å². The number of carbonyl (C=O) groups is 1. The van der Waals surface area contributed by atoms with Crippen LogP contribution in [0.15, 0.2) is 27.5 Å². The van der Waals surface area contributed by atoms with E-state index in [1.165, 1.54) is 37.4 Å². The van der Waals surface area contributed by atoms with Crippen molar-refractivity contribution in [3.8, 4) is 0 Å². The van der Waals surface area contributed by atoms with Crippen molar-refractivity contribution in [3.05, 3.63) is 23.8 Å². The van der Waals surface area contributed by atoms with E-state index in [-0.39, 0.29) is 17.7 Å². The molecule has 2 bridgehead atoms. The maximum atomic E-state index is 12.8. The first-order chi connectivity index (χ1) is 12.9. The fourth-order valence-electron chi connectivity index (χ4n) is 5.18. The fourth-order valence-corrected chi connectivity index (χ4v) is 7.47. The smallest absolute Gasteiger partial charge is 0.257 e. The number of nitrogens with one attached hydrogen (secondary N) is 1. The predicted octanol–water partition coefficient (Wildman–Crippen LogP) is 2.85. The zero-order valence-corrected chi connectivity index (χ0v) is 16.9. The maximum absolute atomic E-state index is 12.8. The van der Waals surface area contributed by atoms with E-state index in [9.17, 15) is 13.2 Å². The first-order valence-corrected chi connectivity index (χ1v) is 12.0. The van der Waals surface area contributed by atoms with Crippen LogP contribution in [0.2, 0.25) is 0 Å². The summed E-state index contributed by atoms with van der Waals surface area (Å²) in [4.78, 5) is 15.6. The molecular weight excluding hydrogens is 382 g/mol. The van der Waals surface area contributed by atoms with Gasteiger partial charge in [0.1, 0.15) is 0 Å². The van der Waals surface area contributed by atoms with Gasteiger partial charge in [0.25, 0.3) is 15.9 Å². The number of hydrogen-bond donors (Lipinski definition) is 1. The second kappa shape index (κ2) is 6.24. The lowest BCUT2D eigenvalue weighted by Crippen LogP contribution is -2.40. The summed E-state index contributed by atoms with van der Waals surface area (Å²) in [5, 5.41) is 3.69. The number of nitrogens with zero attached hydrogens (tertiary/aromatic N) is 2. The van der Waals surface area contributed by atoms with Crippen molar-refractivity contribution in [1.82, 2.24) is 5.32 Å². The molecule has 1 aromatic rings. The van der Waals surface area contributed by atoms with E-state index < -0.39 is 10.0 Å². The zero-order valence-electron chi connectivity index (χ0n) is 15.2. The average Bonchev–Trinajstić information content (AvgIpc) is 3.33. The lowest BCUT2D eigenvalue weighted by molar-refractivity contribution is 0.0915. The van der Waals surface area contributed by atoms with E-state index in [1.54, 1.807) is 0 Å². The van der Waals surface area contributed by atoms with E-state index in [4.69, 9.17) is 0 Å². The molecule has 0 aromatic heterocycles. The van der Waals surface area contributed by atoms with E-state index in [0.717, 1.165) is 22.4 Å². The topological polar surface area (TPSA) is 78.8 Å². The van der Waals surface area contributed by atoms with Gasteiger partial charge in [0, 0.05) is 23.0 Å². The molecule has 1 aromatic carbocycles. The molecule has 4 aliphatic rings. The summed E-state index contributed by atoms with van der Waals surface area (Å²) >= 11 is 1.32. The Hall–Kier alpha value is -1.54. The van der Waals surface area contributed by atoms with Crippen molar-refractivity contribution in [2.75, 3.05) is 17.2 Å². The van der Waals surface area contributed by atoms with Crippen LogP contribution in [0.3, 0.4) is 0 Å². The van der Waals surface area contributed by atoms with Crippen molar-refractivity contribution in [3.63, 3.8) is 0 Å². The molecule has 1 N–H and O–H groups in total. The number of sulfonamides is 1. The van der Waals surface area contributed by atoms with Gasteiger partial charge in [-0.2, -0.15) is 0 Å². The number of amides is 1. The molecule has 8 heteroatoms. The van der Waals surface area contributed by atoms with E-state index in [0.29, 0.717) is 23.2 Å². The third kappa shape index (κ3) is 3.06. The van der Waals surface area contributed by atoms with Crippen LogP contribution < -0.4 is 10.2 Å². The highest BCUT2D eigenvalue weighted by Crippen LogP contribution is 2.49. The highest BCUT2D eigenvalue weighted by Gasteiger charge is 2.42. The quantitative estimate of drug-likeness (QED) is 0.837. The van der Waals surface area contributed by atoms with E-state index in [1.807, 2.05) is 23.1 Å². The average molecular weight is 406 g/mol. The third-order valence-electron chi connectivity index (χ3n) is 6.53. The minimum atomic E-state index is -3.36. The Bertz CT molecular complexity index is 944. The van der Waals surface area contributed by atoms with Crippen LogP contribution in [-0.4, -0.2) is 37.8 Å². The van der Waals surface area contributed by atoms with Gasteiger partial charge >= 0.3 is 0 Å². The second-order valence-corrected chi connectivity index (χ2v) is 11.0. The molecule has 1 amide bonds. The molecule has 0 spiro atoms. The Labute approximate surface area is 163 Å². The van der Waals surface area contributed by atoms with Gasteiger partial charge in [0.2, 0.25) is 0 Å². The highest BCUT2D eigenvalue weighted by molar-refractivity contribution is 8.15. The van der Waals surface area contributed by atoms with Crippen molar-refractivity contribution in [2.24, 2.45) is 22.2 Å². The van der Waals surface area contributed by atoms with Crippen molar-refractivity contribution in [1.29, 1.82) is 0 Å². The number of hydrogen-bond acceptors (Lipinski definition) is 5. The van der Waals surface area contributed by atoms with Crippen LogP contribution in [0, 0.1) is 17.8 Å². The van der Waals surface area contributed by atoms with Crippen molar-refractivity contribution in [2.45, 2.75) is 43.5 Å². The Kier molecular flexibility index (Phi) is 4.05. The molecule has 6 nitrogen and oxygen atoms in total. The molecule has 2 aliphatic carbocycles. The van der Waals surface area contributed by atoms with Gasteiger partial charge in [-0.05, 0) is 73.9 Å². The molecule has 2 saturated carbocycles. The predicted molar refractivity (Wildman–Crippen MR) is 107 cm³/mol. The third-order valence-corrected chi connectivity index (χ3v) is 8.84. The summed E-state index contributed by atoms with van der Waals surface area (Å²) < 4.78 is 27.3. The van der Waals surface area contributed by atoms with Crippen LogP contribution in [0.25, 0.3) is 0 Å². The lowest BCUT2D eigenvalue weighted by atomic mass is 9.84. The van der Waals surface area contributed by atoms with Crippen LogP contribution in [0.1, 0.15) is 43.0 Å². The highest BCUT2D eigenvalue weighted by atomic mass is 32.2. The molecule has 2 heterocycles. The summed E-state index contributed by atoms with van der Waals surface area (Å²) in [6.45, 7) is 2.54. The van der Waals surface area contributed by atoms with E-state index >= 15 is 0 Å². The summed E-state index contributed by atoms with van der Waals surface area (Å²) in [6.07, 6.45) is 5.25. The number of thioether (sulfide) groups is 1. The van der Waals surface area contributed by atoms with Crippen molar-refractivity contribution < 1.29 is 13.2 Å². The Morgan fingerprint density at radius 1 is 1.33 bits per heavy atom. The Balaban J connectivity index is 1.32. The fraction of sp³-hybridized carbons (Fsp3) is 0.579. The molecule has 5 rings (SSSR count). The summed E-state index contributed by atoms with van der Waals surface area (Å²) in [7, 11) is -3.36. The van der Waals surface area contributed by atoms with Crippen molar-refractivity contribution >= 4 is 38.5 Å². The number of fused-ring (bicyclic) bond motifs is 5. The largest absolute Gasteiger partial charge is 0.349 e. The minimum absolute atomic E-state index is 0.0276. The maximum Gasteiger partial charge on any atom is 0.257 e. The second-order valence-electron chi connectivity index (χ2n) is 8.20. The number of benzene rings is 1. The summed E-state index contributed by atoms with van der Waals surface area (Å²) in [6, 6.07) is 5.78. The number of rotatable bonds is 3. The minimum Gasteiger partial charge on any atom is -0.349 e. The molecule has 27 heavy (non-hydrogen) atoms. The first kappa shape index (κ1) is 17.6. The summed E-state index contributed by atoms with van der Waals surface area (Å²) in [5.41, 5.74) is 1.56. The SMILES string of the molecule is C[C@H](NC(=O)c1ccc2c(c1)SC1=NS(=O)(=O)CCN12)[C@@H]1C[C@H]2CC[C@H]1C2.